The van der Waals surface area contributed by atoms with Crippen molar-refractivity contribution in [1.29, 1.82) is 0 Å². The molecule has 0 aromatic heterocycles. The van der Waals surface area contributed by atoms with Gasteiger partial charge in [-0.15, -0.1) is 0 Å². The second-order valence-corrected chi connectivity index (χ2v) is 15.7. The van der Waals surface area contributed by atoms with Crippen LogP contribution in [0.1, 0.15) is 200 Å². The van der Waals surface area contributed by atoms with Gasteiger partial charge in [-0.25, -0.2) is 4.57 Å². The van der Waals surface area contributed by atoms with Crippen LogP contribution in [0.2, 0.25) is 0 Å². The smallest absolute Gasteiger partial charge is 0.391 e. The number of aliphatic hydroxyl groups is 1. The number of carbonyl (C=O) groups excluding carboxylic acids is 1. The Morgan fingerprint density at radius 3 is 1.66 bits per heavy atom. The lowest BCUT2D eigenvalue weighted by Gasteiger charge is -2.25. The van der Waals surface area contributed by atoms with Gasteiger partial charge in [0.1, 0.15) is 0 Å². The highest BCUT2D eigenvalue weighted by Crippen LogP contribution is 2.43. The van der Waals surface area contributed by atoms with E-state index in [9.17, 15) is 19.4 Å². The van der Waals surface area contributed by atoms with Crippen LogP contribution in [-0.4, -0.2) is 47.8 Å². The predicted octanol–water partition coefficient (Wildman–Crippen LogP) is 11.4. The van der Waals surface area contributed by atoms with Gasteiger partial charge in [-0.1, -0.05) is 179 Å². The number of rotatable bonds is 39. The van der Waals surface area contributed by atoms with Crippen molar-refractivity contribution in [3.63, 3.8) is 0 Å². The van der Waals surface area contributed by atoms with E-state index in [2.05, 4.69) is 43.5 Å². The van der Waals surface area contributed by atoms with Crippen LogP contribution in [-0.2, 0) is 18.4 Å². The van der Waals surface area contributed by atoms with Crippen molar-refractivity contribution in [1.82, 2.24) is 5.32 Å². The van der Waals surface area contributed by atoms with E-state index in [0.717, 1.165) is 70.6 Å². The number of aliphatic hydroxyl groups excluding tert-OH is 1. The van der Waals surface area contributed by atoms with E-state index in [1.54, 1.807) is 0 Å². The first-order chi connectivity index (χ1) is 24.4. The second-order valence-electron chi connectivity index (χ2n) is 14.2. The van der Waals surface area contributed by atoms with Crippen molar-refractivity contribution in [3.05, 3.63) is 24.3 Å². The van der Waals surface area contributed by atoms with E-state index in [-0.39, 0.29) is 25.7 Å². The lowest BCUT2D eigenvalue weighted by molar-refractivity contribution is -0.123. The number of hydrogen-bond donors (Lipinski definition) is 4. The lowest BCUT2D eigenvalue weighted by Crippen LogP contribution is -2.46. The normalized spacial score (nSPS) is 14.4. The van der Waals surface area contributed by atoms with Crippen molar-refractivity contribution in [2.24, 2.45) is 5.73 Å². The fourth-order valence-electron chi connectivity index (χ4n) is 6.12. The quantitative estimate of drug-likeness (QED) is 0.0281. The molecule has 0 aromatic carbocycles. The van der Waals surface area contributed by atoms with Gasteiger partial charge in [-0.3, -0.25) is 13.8 Å². The molecular weight excluding hydrogens is 647 g/mol. The third-order valence-electron chi connectivity index (χ3n) is 9.29. The third-order valence-corrected chi connectivity index (χ3v) is 10.3. The van der Waals surface area contributed by atoms with Crippen LogP contribution in [0.4, 0.5) is 0 Å². The topological polar surface area (TPSA) is 131 Å². The Hall–Kier alpha value is -1.02. The minimum atomic E-state index is -4.31. The summed E-state index contributed by atoms with van der Waals surface area (Å²) in [6.07, 6.45) is 41.8. The Bertz CT molecular complexity index is 840. The number of carbonyl (C=O) groups is 1. The molecule has 0 heterocycles. The van der Waals surface area contributed by atoms with Crippen molar-refractivity contribution in [3.8, 4) is 0 Å². The van der Waals surface area contributed by atoms with Crippen molar-refractivity contribution < 1.29 is 28.4 Å². The van der Waals surface area contributed by atoms with Gasteiger partial charge in [-0.2, -0.15) is 0 Å². The summed E-state index contributed by atoms with van der Waals surface area (Å²) < 4.78 is 22.1. The molecule has 0 fully saturated rings. The van der Waals surface area contributed by atoms with Gasteiger partial charge in [0.05, 0.1) is 25.4 Å². The summed E-state index contributed by atoms with van der Waals surface area (Å²) in [5.74, 6) is -0.176. The largest absolute Gasteiger partial charge is 0.472 e. The van der Waals surface area contributed by atoms with E-state index in [0.29, 0.717) is 12.8 Å². The fourth-order valence-corrected chi connectivity index (χ4v) is 6.88. The third kappa shape index (κ3) is 35.4. The molecule has 1 amide bonds. The average Bonchev–Trinajstić information content (AvgIpc) is 3.10. The molecule has 0 aliphatic rings. The van der Waals surface area contributed by atoms with Gasteiger partial charge in [0.25, 0.3) is 0 Å². The zero-order chi connectivity index (χ0) is 36.8. The zero-order valence-electron chi connectivity index (χ0n) is 32.6. The molecule has 5 N–H and O–H groups in total. The monoisotopic (exact) mass is 729 g/mol. The minimum Gasteiger partial charge on any atom is -0.391 e. The number of allylic oxidation sites excluding steroid dienone is 4. The molecule has 3 atom stereocenters. The summed E-state index contributed by atoms with van der Waals surface area (Å²) in [4.78, 5) is 22.7. The van der Waals surface area contributed by atoms with Crippen molar-refractivity contribution >= 4 is 13.7 Å². The highest BCUT2D eigenvalue weighted by atomic mass is 31.2. The maximum atomic E-state index is 12.7. The average molecular weight is 729 g/mol. The molecule has 0 aliphatic heterocycles. The summed E-state index contributed by atoms with van der Waals surface area (Å²) in [6.45, 7) is 4.14. The summed E-state index contributed by atoms with van der Waals surface area (Å²) in [5, 5.41) is 13.8. The van der Waals surface area contributed by atoms with Crippen molar-refractivity contribution in [2.45, 2.75) is 212 Å². The van der Waals surface area contributed by atoms with Crippen LogP contribution in [0.25, 0.3) is 0 Å². The number of amides is 1. The van der Waals surface area contributed by atoms with Gasteiger partial charge in [0.15, 0.2) is 0 Å². The highest BCUT2D eigenvalue weighted by Gasteiger charge is 2.27. The SMILES string of the molecule is CCC/C=C\C/C=C\CCCCCCCC(=O)NC(COP(=O)(O)OCCN)C(O)CCCCCCCCCCCCCCCCCCCC. The molecule has 50 heavy (non-hydrogen) atoms. The highest BCUT2D eigenvalue weighted by molar-refractivity contribution is 7.47. The number of nitrogens with one attached hydrogen (secondary N) is 1. The van der Waals surface area contributed by atoms with E-state index in [1.165, 1.54) is 103 Å². The molecule has 0 spiro atoms. The van der Waals surface area contributed by atoms with Crippen LogP contribution in [0, 0.1) is 0 Å². The molecule has 0 saturated heterocycles. The number of hydrogen-bond acceptors (Lipinski definition) is 6. The Kier molecular flexibility index (Phi) is 37.0. The Morgan fingerprint density at radius 1 is 0.660 bits per heavy atom. The number of phosphoric ester groups is 1. The molecular formula is C41H81N2O6P. The minimum absolute atomic E-state index is 0.0868. The molecule has 0 rings (SSSR count). The lowest BCUT2D eigenvalue weighted by atomic mass is 10.0. The molecule has 296 valence electrons. The van der Waals surface area contributed by atoms with Gasteiger partial charge >= 0.3 is 7.82 Å². The summed E-state index contributed by atoms with van der Waals surface area (Å²) >= 11 is 0. The molecule has 0 bridgehead atoms. The Morgan fingerprint density at radius 2 is 1.14 bits per heavy atom. The van der Waals surface area contributed by atoms with Crippen LogP contribution >= 0.6 is 7.82 Å². The number of nitrogens with two attached hydrogens (primary N) is 1. The molecule has 0 radical (unpaired) electrons. The van der Waals surface area contributed by atoms with Gasteiger partial charge in [-0.05, 0) is 38.5 Å². The zero-order valence-corrected chi connectivity index (χ0v) is 33.5. The van der Waals surface area contributed by atoms with E-state index < -0.39 is 20.0 Å². The van der Waals surface area contributed by atoms with Gasteiger partial charge in [0, 0.05) is 13.0 Å². The number of phosphoric acid groups is 1. The summed E-state index contributed by atoms with van der Waals surface area (Å²) in [6, 6.07) is -0.779. The summed E-state index contributed by atoms with van der Waals surface area (Å²) in [7, 11) is -4.31. The first kappa shape index (κ1) is 49.0. The van der Waals surface area contributed by atoms with Crippen LogP contribution in [0.15, 0.2) is 24.3 Å². The van der Waals surface area contributed by atoms with E-state index >= 15 is 0 Å². The van der Waals surface area contributed by atoms with Crippen LogP contribution in [0.3, 0.4) is 0 Å². The fraction of sp³-hybridized carbons (Fsp3) is 0.878. The Labute approximate surface area is 308 Å². The molecule has 0 saturated carbocycles. The summed E-state index contributed by atoms with van der Waals surface area (Å²) in [5.41, 5.74) is 5.37. The van der Waals surface area contributed by atoms with Gasteiger partial charge in [0.2, 0.25) is 5.91 Å². The molecule has 0 aliphatic carbocycles. The predicted molar refractivity (Wildman–Crippen MR) is 212 cm³/mol. The first-order valence-corrected chi connectivity index (χ1v) is 22.4. The molecule has 8 nitrogen and oxygen atoms in total. The number of unbranched alkanes of at least 4 members (excludes halogenated alkanes) is 23. The molecule has 9 heteroatoms. The van der Waals surface area contributed by atoms with Crippen LogP contribution in [0.5, 0.6) is 0 Å². The standard InChI is InChI=1S/C41H81N2O6P/c1-3-5-7-9-11-13-15-17-18-19-20-21-23-24-26-28-30-32-34-40(44)39(38-49-50(46,47)48-37-36-42)43-41(45)35-33-31-29-27-25-22-16-14-12-10-8-6-4-2/h8,10,14,16,39-40,44H,3-7,9,11-13,15,17-38,42H2,1-2H3,(H,43,45)(H,46,47)/b10-8-,16-14-. The molecule has 0 aromatic rings. The maximum absolute atomic E-state index is 12.7. The van der Waals surface area contributed by atoms with E-state index in [1.807, 2.05) is 0 Å². The molecule has 3 unspecified atom stereocenters. The van der Waals surface area contributed by atoms with Gasteiger partial charge < -0.3 is 21.1 Å². The second kappa shape index (κ2) is 37.7. The Balaban J connectivity index is 4.17. The van der Waals surface area contributed by atoms with E-state index in [4.69, 9.17) is 14.8 Å². The van der Waals surface area contributed by atoms with Crippen LogP contribution < -0.4 is 11.1 Å². The maximum Gasteiger partial charge on any atom is 0.472 e. The first-order valence-electron chi connectivity index (χ1n) is 21.0. The van der Waals surface area contributed by atoms with Crippen molar-refractivity contribution in [2.75, 3.05) is 19.8 Å².